The summed E-state index contributed by atoms with van der Waals surface area (Å²) in [5.74, 6) is -0.678. The highest BCUT2D eigenvalue weighted by Crippen LogP contribution is 2.13. The van der Waals surface area contributed by atoms with Crippen LogP contribution in [0.5, 0.6) is 0 Å². The molecule has 0 fully saturated rings. The third-order valence-electron chi connectivity index (χ3n) is 2.70. The molecular weight excluding hydrogens is 407 g/mol. The van der Waals surface area contributed by atoms with Crippen molar-refractivity contribution in [3.8, 4) is 0 Å². The lowest BCUT2D eigenvalue weighted by Gasteiger charge is -2.10. The number of nitrogens with one attached hydrogen (secondary N) is 1. The lowest BCUT2D eigenvalue weighted by molar-refractivity contribution is 0.0464. The second-order valence-corrected chi connectivity index (χ2v) is 5.74. The summed E-state index contributed by atoms with van der Waals surface area (Å²) in [7, 11) is 0. The third-order valence-corrected chi connectivity index (χ3v) is 3.70. The molecule has 1 unspecified atom stereocenters. The lowest BCUT2D eigenvalue weighted by atomic mass is 10.2. The van der Waals surface area contributed by atoms with E-state index in [2.05, 4.69) is 3.53 Å². The summed E-state index contributed by atoms with van der Waals surface area (Å²) in [6, 6.07) is 10.7. The molecule has 1 N–H and O–H groups in total. The van der Waals surface area contributed by atoms with Crippen molar-refractivity contribution in [3.05, 3.63) is 59.4 Å². The first-order valence-corrected chi connectivity index (χ1v) is 8.08. The Kier molecular flexibility index (Phi) is 5.91. The van der Waals surface area contributed by atoms with Gasteiger partial charge in [0.2, 0.25) is 0 Å². The van der Waals surface area contributed by atoms with E-state index >= 15 is 0 Å². The number of halogens is 1. The zero-order valence-electron chi connectivity index (χ0n) is 10.8. The molecular formula is C13H12IN2O4S-. The fraction of sp³-hybridized carbons (Fsp3) is 0.154. The van der Waals surface area contributed by atoms with Crippen molar-refractivity contribution < 1.29 is 18.3 Å². The van der Waals surface area contributed by atoms with Crippen LogP contribution in [0.1, 0.15) is 21.6 Å². The highest BCUT2D eigenvalue weighted by molar-refractivity contribution is 14.1. The predicted molar refractivity (Wildman–Crippen MR) is 85.2 cm³/mol. The quantitative estimate of drug-likeness (QED) is 0.335. The first-order chi connectivity index (χ1) is 10.1. The first-order valence-electron chi connectivity index (χ1n) is 5.97. The Hall–Kier alpha value is -1.23. The molecule has 0 spiro atoms. The fourth-order valence-electron chi connectivity index (χ4n) is 1.74. The molecule has 0 aliphatic rings. The van der Waals surface area contributed by atoms with Gasteiger partial charge in [0.25, 0.3) is 0 Å². The maximum Gasteiger partial charge on any atom is 0.356 e. The highest BCUT2D eigenvalue weighted by Gasteiger charge is 2.16. The molecule has 0 saturated heterocycles. The molecule has 1 aromatic carbocycles. The van der Waals surface area contributed by atoms with Crippen molar-refractivity contribution in [3.63, 3.8) is 0 Å². The van der Waals surface area contributed by atoms with Gasteiger partial charge in [-0.05, 0) is 17.2 Å². The second-order valence-electron chi connectivity index (χ2n) is 4.15. The molecule has 0 aliphatic carbocycles. The van der Waals surface area contributed by atoms with Crippen LogP contribution in [-0.2, 0) is 29.2 Å². The summed E-state index contributed by atoms with van der Waals surface area (Å²) < 4.78 is 31.2. The molecule has 0 amide bonds. The van der Waals surface area contributed by atoms with Crippen LogP contribution in [0.4, 0.5) is 0 Å². The zero-order valence-corrected chi connectivity index (χ0v) is 13.8. The molecule has 112 valence electrons. The van der Waals surface area contributed by atoms with Crippen LogP contribution in [0, 0.1) is 0 Å². The van der Waals surface area contributed by atoms with Crippen LogP contribution in [0.25, 0.3) is 0 Å². The first kappa shape index (κ1) is 16.1. The number of rotatable bonds is 6. The maximum absolute atomic E-state index is 12.0. The van der Waals surface area contributed by atoms with E-state index in [1.165, 1.54) is 12.3 Å². The Morgan fingerprint density at radius 3 is 2.67 bits per heavy atom. The smallest absolute Gasteiger partial charge is 0.356 e. The number of carbonyl (C=O) groups excluding carboxylic acids is 1. The van der Waals surface area contributed by atoms with Crippen LogP contribution in [0.2, 0.25) is 0 Å². The van der Waals surface area contributed by atoms with Gasteiger partial charge < -0.3 is 9.29 Å². The standard InChI is InChI=1S/C13H13IN2O4S/c14-15-7-11-6-12(16(8-11)21(18)19)13(17)20-9-10-4-2-1-3-5-10/h1-6,8,15H,7,9H2,(H,18,19)/p-1. The molecule has 0 aliphatic heterocycles. The third kappa shape index (κ3) is 4.37. The van der Waals surface area contributed by atoms with Crippen molar-refractivity contribution in [2.75, 3.05) is 0 Å². The number of ether oxygens (including phenoxy) is 1. The van der Waals surface area contributed by atoms with Crippen LogP contribution in [0.15, 0.2) is 42.6 Å². The minimum atomic E-state index is -2.56. The summed E-state index contributed by atoms with van der Waals surface area (Å²) in [5, 5.41) is 0. The van der Waals surface area contributed by atoms with Gasteiger partial charge in [-0.3, -0.25) is 11.7 Å². The molecule has 2 aromatic rings. The number of hydrogen-bond donors (Lipinski definition) is 1. The van der Waals surface area contributed by atoms with E-state index in [0.717, 1.165) is 9.54 Å². The lowest BCUT2D eigenvalue weighted by Crippen LogP contribution is -2.14. The molecule has 21 heavy (non-hydrogen) atoms. The highest BCUT2D eigenvalue weighted by atomic mass is 127. The molecule has 1 heterocycles. The average Bonchev–Trinajstić information content (AvgIpc) is 2.90. The van der Waals surface area contributed by atoms with E-state index < -0.39 is 17.2 Å². The topological polar surface area (TPSA) is 83.4 Å². The summed E-state index contributed by atoms with van der Waals surface area (Å²) >= 11 is -0.615. The van der Waals surface area contributed by atoms with Crippen LogP contribution in [-0.4, -0.2) is 18.7 Å². The number of aromatic nitrogens is 1. The van der Waals surface area contributed by atoms with Crippen LogP contribution >= 0.6 is 22.9 Å². The van der Waals surface area contributed by atoms with Gasteiger partial charge in [-0.15, -0.1) is 0 Å². The molecule has 1 aromatic heterocycles. The van der Waals surface area contributed by atoms with E-state index in [9.17, 15) is 13.6 Å². The molecule has 0 saturated carbocycles. The minimum absolute atomic E-state index is 0.0130. The molecule has 1 atom stereocenters. The Balaban J connectivity index is 2.12. The van der Waals surface area contributed by atoms with E-state index in [1.807, 2.05) is 53.2 Å². The average molecular weight is 419 g/mol. The van der Waals surface area contributed by atoms with Crippen molar-refractivity contribution in [1.82, 2.24) is 7.50 Å². The number of benzene rings is 1. The van der Waals surface area contributed by atoms with Gasteiger partial charge >= 0.3 is 5.97 Å². The Bertz CT molecular complexity index is 645. The van der Waals surface area contributed by atoms with Gasteiger partial charge in [-0.1, -0.05) is 30.3 Å². The second kappa shape index (κ2) is 7.69. The molecule has 0 radical (unpaired) electrons. The summed E-state index contributed by atoms with van der Waals surface area (Å²) in [5.41, 5.74) is 1.50. The van der Waals surface area contributed by atoms with Crippen molar-refractivity contribution in [2.45, 2.75) is 13.2 Å². The Morgan fingerprint density at radius 1 is 1.33 bits per heavy atom. The Labute approximate surface area is 138 Å². The number of hydrogen-bond acceptors (Lipinski definition) is 5. The van der Waals surface area contributed by atoms with Gasteiger partial charge in [0.15, 0.2) is 0 Å². The van der Waals surface area contributed by atoms with E-state index in [4.69, 9.17) is 4.74 Å². The molecule has 6 nitrogen and oxygen atoms in total. The van der Waals surface area contributed by atoms with E-state index in [1.54, 1.807) is 0 Å². The van der Waals surface area contributed by atoms with Crippen molar-refractivity contribution in [1.29, 1.82) is 0 Å². The maximum atomic E-state index is 12.0. The molecule has 2 rings (SSSR count). The van der Waals surface area contributed by atoms with Crippen molar-refractivity contribution in [2.24, 2.45) is 0 Å². The van der Waals surface area contributed by atoms with Gasteiger partial charge in [0, 0.05) is 35.6 Å². The summed E-state index contributed by atoms with van der Waals surface area (Å²) in [6.45, 7) is 0.542. The summed E-state index contributed by atoms with van der Waals surface area (Å²) in [4.78, 5) is 12.0. The Morgan fingerprint density at radius 2 is 2.05 bits per heavy atom. The predicted octanol–water partition coefficient (Wildman–Crippen LogP) is 1.93. The molecule has 0 bridgehead atoms. The van der Waals surface area contributed by atoms with Crippen molar-refractivity contribution >= 4 is 40.1 Å². The van der Waals surface area contributed by atoms with Gasteiger partial charge in [0.1, 0.15) is 12.3 Å². The number of esters is 1. The fourth-order valence-corrected chi connectivity index (χ4v) is 2.69. The van der Waals surface area contributed by atoms with E-state index in [-0.39, 0.29) is 12.3 Å². The van der Waals surface area contributed by atoms with E-state index in [0.29, 0.717) is 12.1 Å². The SMILES string of the molecule is O=C(OCc1ccccc1)c1cc(CNI)cn1S(=O)[O-]. The van der Waals surface area contributed by atoms with Gasteiger partial charge in [0.05, 0.1) is 11.3 Å². The largest absolute Gasteiger partial charge is 0.755 e. The minimum Gasteiger partial charge on any atom is -0.755 e. The zero-order chi connectivity index (χ0) is 15.2. The van der Waals surface area contributed by atoms with Gasteiger partial charge in [-0.2, -0.15) is 0 Å². The normalized spacial score (nSPS) is 12.1. The number of carbonyl (C=O) groups is 1. The molecule has 8 heteroatoms. The van der Waals surface area contributed by atoms with Crippen LogP contribution < -0.4 is 3.53 Å². The van der Waals surface area contributed by atoms with Crippen LogP contribution in [0.3, 0.4) is 0 Å². The van der Waals surface area contributed by atoms with Gasteiger partial charge in [-0.25, -0.2) is 4.79 Å². The summed E-state index contributed by atoms with van der Waals surface area (Å²) in [6.07, 6.45) is 1.38. The monoisotopic (exact) mass is 419 g/mol. The number of nitrogens with zero attached hydrogens (tertiary/aromatic N) is 1.